The van der Waals surface area contributed by atoms with Crippen molar-refractivity contribution in [3.05, 3.63) is 0 Å². The number of ether oxygens (including phenoxy) is 1. The molecule has 1 N–H and O–H groups in total. The molecule has 0 aromatic carbocycles. The van der Waals surface area contributed by atoms with Gasteiger partial charge < -0.3 is 10.1 Å². The molecule has 14 heavy (non-hydrogen) atoms. The first-order valence-electron chi connectivity index (χ1n) is 5.53. The van der Waals surface area contributed by atoms with Crippen LogP contribution < -0.4 is 5.32 Å². The van der Waals surface area contributed by atoms with Crippen molar-refractivity contribution < 1.29 is 9.53 Å². The van der Waals surface area contributed by atoms with Crippen LogP contribution in [0.25, 0.3) is 0 Å². The second-order valence-electron chi connectivity index (χ2n) is 4.29. The highest BCUT2D eigenvalue weighted by Crippen LogP contribution is 2.29. The SMILES string of the molecule is CCOCC(NC(=O)C1CC1)C(C)C. The van der Waals surface area contributed by atoms with Gasteiger partial charge >= 0.3 is 0 Å². The summed E-state index contributed by atoms with van der Waals surface area (Å²) in [6.07, 6.45) is 2.12. The van der Waals surface area contributed by atoms with Crippen molar-refractivity contribution in [1.29, 1.82) is 0 Å². The van der Waals surface area contributed by atoms with Crippen molar-refractivity contribution in [1.82, 2.24) is 5.32 Å². The van der Waals surface area contributed by atoms with Crippen LogP contribution in [0.3, 0.4) is 0 Å². The highest BCUT2D eigenvalue weighted by molar-refractivity contribution is 5.81. The molecule has 0 bridgehead atoms. The Hall–Kier alpha value is -0.570. The maximum atomic E-state index is 11.5. The molecule has 0 aromatic rings. The van der Waals surface area contributed by atoms with E-state index in [2.05, 4.69) is 19.2 Å². The first kappa shape index (κ1) is 11.5. The van der Waals surface area contributed by atoms with Gasteiger partial charge in [0.2, 0.25) is 5.91 Å². The van der Waals surface area contributed by atoms with Crippen molar-refractivity contribution in [2.75, 3.05) is 13.2 Å². The van der Waals surface area contributed by atoms with E-state index in [0.29, 0.717) is 19.1 Å². The fourth-order valence-electron chi connectivity index (χ4n) is 1.29. The topological polar surface area (TPSA) is 38.3 Å². The fraction of sp³-hybridized carbons (Fsp3) is 0.909. The molecular weight excluding hydrogens is 178 g/mol. The molecule has 1 rings (SSSR count). The second kappa shape index (κ2) is 5.35. The van der Waals surface area contributed by atoms with Gasteiger partial charge in [-0.25, -0.2) is 0 Å². The van der Waals surface area contributed by atoms with Crippen molar-refractivity contribution in [3.8, 4) is 0 Å². The van der Waals surface area contributed by atoms with Crippen LogP contribution in [-0.2, 0) is 9.53 Å². The molecule has 0 spiro atoms. The Bertz CT molecular complexity index is 188. The summed E-state index contributed by atoms with van der Waals surface area (Å²) >= 11 is 0. The Morgan fingerprint density at radius 1 is 1.50 bits per heavy atom. The van der Waals surface area contributed by atoms with E-state index in [0.717, 1.165) is 12.8 Å². The summed E-state index contributed by atoms with van der Waals surface area (Å²) in [7, 11) is 0. The van der Waals surface area contributed by atoms with Gasteiger partial charge in [-0.1, -0.05) is 13.8 Å². The molecule has 1 unspecified atom stereocenters. The standard InChI is InChI=1S/C11H21NO2/c1-4-14-7-10(8(2)3)12-11(13)9-5-6-9/h8-10H,4-7H2,1-3H3,(H,12,13). The third-order valence-electron chi connectivity index (χ3n) is 2.58. The molecule has 1 aliphatic carbocycles. The minimum Gasteiger partial charge on any atom is -0.380 e. The molecule has 3 heteroatoms. The lowest BCUT2D eigenvalue weighted by Crippen LogP contribution is -2.42. The molecule has 82 valence electrons. The number of carbonyl (C=O) groups excluding carboxylic acids is 1. The molecule has 1 amide bonds. The summed E-state index contributed by atoms with van der Waals surface area (Å²) in [5.74, 6) is 0.936. The van der Waals surface area contributed by atoms with E-state index in [9.17, 15) is 4.79 Å². The van der Waals surface area contributed by atoms with Crippen LogP contribution in [0.15, 0.2) is 0 Å². The lowest BCUT2D eigenvalue weighted by atomic mass is 10.1. The zero-order valence-corrected chi connectivity index (χ0v) is 9.38. The smallest absolute Gasteiger partial charge is 0.223 e. The summed E-state index contributed by atoms with van der Waals surface area (Å²) in [5, 5.41) is 3.05. The predicted molar refractivity (Wildman–Crippen MR) is 56.0 cm³/mol. The monoisotopic (exact) mass is 199 g/mol. The van der Waals surface area contributed by atoms with Crippen LogP contribution in [-0.4, -0.2) is 25.2 Å². The van der Waals surface area contributed by atoms with Gasteiger partial charge in [-0.05, 0) is 25.7 Å². The number of hydrogen-bond donors (Lipinski definition) is 1. The highest BCUT2D eigenvalue weighted by atomic mass is 16.5. The Labute approximate surface area is 86.2 Å². The molecule has 1 fully saturated rings. The fourth-order valence-corrected chi connectivity index (χ4v) is 1.29. The predicted octanol–water partition coefficient (Wildman–Crippen LogP) is 1.57. The number of carbonyl (C=O) groups is 1. The Morgan fingerprint density at radius 3 is 2.57 bits per heavy atom. The average Bonchev–Trinajstić information content (AvgIpc) is 2.94. The van der Waals surface area contributed by atoms with Gasteiger partial charge in [-0.2, -0.15) is 0 Å². The van der Waals surface area contributed by atoms with Crippen LogP contribution in [0.5, 0.6) is 0 Å². The van der Waals surface area contributed by atoms with Crippen LogP contribution in [0.2, 0.25) is 0 Å². The summed E-state index contributed by atoms with van der Waals surface area (Å²) in [6, 6.07) is 0.169. The van der Waals surface area contributed by atoms with E-state index in [1.807, 2.05) is 6.92 Å². The van der Waals surface area contributed by atoms with E-state index in [4.69, 9.17) is 4.74 Å². The van der Waals surface area contributed by atoms with Gasteiger partial charge in [0.25, 0.3) is 0 Å². The van der Waals surface area contributed by atoms with E-state index in [-0.39, 0.29) is 17.9 Å². The van der Waals surface area contributed by atoms with Gasteiger partial charge in [-0.15, -0.1) is 0 Å². The first-order chi connectivity index (χ1) is 6.65. The van der Waals surface area contributed by atoms with Crippen molar-refractivity contribution in [2.24, 2.45) is 11.8 Å². The molecule has 0 aromatic heterocycles. The van der Waals surface area contributed by atoms with Gasteiger partial charge in [0.15, 0.2) is 0 Å². The minimum atomic E-state index is 0.169. The second-order valence-corrected chi connectivity index (χ2v) is 4.29. The van der Waals surface area contributed by atoms with Crippen LogP contribution >= 0.6 is 0 Å². The lowest BCUT2D eigenvalue weighted by Gasteiger charge is -2.22. The van der Waals surface area contributed by atoms with Crippen molar-refractivity contribution in [2.45, 2.75) is 39.7 Å². The normalized spacial score (nSPS) is 18.3. The summed E-state index contributed by atoms with van der Waals surface area (Å²) in [5.41, 5.74) is 0. The van der Waals surface area contributed by atoms with Gasteiger partial charge in [0.1, 0.15) is 0 Å². The molecule has 1 saturated carbocycles. The maximum Gasteiger partial charge on any atom is 0.223 e. The lowest BCUT2D eigenvalue weighted by molar-refractivity contribution is -0.123. The minimum absolute atomic E-state index is 0.169. The van der Waals surface area contributed by atoms with E-state index < -0.39 is 0 Å². The number of rotatable bonds is 6. The average molecular weight is 199 g/mol. The molecule has 0 heterocycles. The number of nitrogens with one attached hydrogen (secondary N) is 1. The van der Waals surface area contributed by atoms with Gasteiger partial charge in [0.05, 0.1) is 12.6 Å². The first-order valence-corrected chi connectivity index (χ1v) is 5.53. The third-order valence-corrected chi connectivity index (χ3v) is 2.58. The molecular formula is C11H21NO2. The zero-order chi connectivity index (χ0) is 10.6. The number of amides is 1. The van der Waals surface area contributed by atoms with E-state index >= 15 is 0 Å². The summed E-state index contributed by atoms with van der Waals surface area (Å²) < 4.78 is 5.34. The Balaban J connectivity index is 2.29. The van der Waals surface area contributed by atoms with Gasteiger partial charge in [0, 0.05) is 12.5 Å². The third kappa shape index (κ3) is 3.66. The van der Waals surface area contributed by atoms with E-state index in [1.165, 1.54) is 0 Å². The van der Waals surface area contributed by atoms with Crippen LogP contribution in [0.4, 0.5) is 0 Å². The number of hydrogen-bond acceptors (Lipinski definition) is 2. The molecule has 1 atom stereocenters. The molecule has 3 nitrogen and oxygen atoms in total. The Morgan fingerprint density at radius 2 is 2.14 bits per heavy atom. The van der Waals surface area contributed by atoms with E-state index in [1.54, 1.807) is 0 Å². The maximum absolute atomic E-state index is 11.5. The quantitative estimate of drug-likeness (QED) is 0.705. The molecule has 1 aliphatic rings. The van der Waals surface area contributed by atoms with Crippen molar-refractivity contribution in [3.63, 3.8) is 0 Å². The highest BCUT2D eigenvalue weighted by Gasteiger charge is 2.31. The molecule has 0 radical (unpaired) electrons. The molecule has 0 saturated heterocycles. The van der Waals surface area contributed by atoms with Crippen LogP contribution in [0.1, 0.15) is 33.6 Å². The van der Waals surface area contributed by atoms with Gasteiger partial charge in [-0.3, -0.25) is 4.79 Å². The van der Waals surface area contributed by atoms with Crippen molar-refractivity contribution >= 4 is 5.91 Å². The van der Waals surface area contributed by atoms with Crippen LogP contribution in [0, 0.1) is 11.8 Å². The zero-order valence-electron chi connectivity index (χ0n) is 9.38. The summed E-state index contributed by atoms with van der Waals surface area (Å²) in [6.45, 7) is 7.53. The largest absolute Gasteiger partial charge is 0.380 e. The molecule has 0 aliphatic heterocycles. The Kier molecular flexibility index (Phi) is 4.39. The summed E-state index contributed by atoms with van der Waals surface area (Å²) in [4.78, 5) is 11.5.